The number of rotatable bonds is 4. The van der Waals surface area contributed by atoms with Crippen molar-refractivity contribution in [3.8, 4) is 0 Å². The molecule has 0 radical (unpaired) electrons. The third kappa shape index (κ3) is 2.59. The zero-order valence-corrected chi connectivity index (χ0v) is 14.0. The molecular formula is C15H18N4O4S. The van der Waals surface area contributed by atoms with Crippen LogP contribution >= 0.6 is 0 Å². The molecule has 9 heteroatoms. The van der Waals surface area contributed by atoms with Gasteiger partial charge in [0.2, 0.25) is 10.0 Å². The highest BCUT2D eigenvalue weighted by molar-refractivity contribution is 7.89. The molecule has 0 aromatic carbocycles. The van der Waals surface area contributed by atoms with E-state index >= 15 is 0 Å². The number of aromatic nitrogens is 3. The Morgan fingerprint density at radius 3 is 2.50 bits per heavy atom. The minimum atomic E-state index is -3.66. The average Bonchev–Trinajstić information content (AvgIpc) is 3.02. The summed E-state index contributed by atoms with van der Waals surface area (Å²) in [5.41, 5.74) is -1.17. The van der Waals surface area contributed by atoms with Gasteiger partial charge in [0, 0.05) is 37.9 Å². The van der Waals surface area contributed by atoms with Crippen LogP contribution < -0.4 is 0 Å². The summed E-state index contributed by atoms with van der Waals surface area (Å²) in [7, 11) is -3.66. The Hall–Kier alpha value is -2.26. The Balaban J connectivity index is 1.87. The van der Waals surface area contributed by atoms with E-state index in [9.17, 15) is 18.3 Å². The minimum Gasteiger partial charge on any atom is -0.479 e. The van der Waals surface area contributed by atoms with Crippen molar-refractivity contribution in [3.05, 3.63) is 42.7 Å². The SMILES string of the molecule is Cc1nccn1C1(C(=O)O)CCN(S(=O)(=O)c2cccnc2)CC1. The number of hydrogen-bond acceptors (Lipinski definition) is 5. The Kier molecular flexibility index (Phi) is 4.14. The second kappa shape index (κ2) is 5.99. The number of piperidine rings is 1. The molecule has 128 valence electrons. The second-order valence-electron chi connectivity index (χ2n) is 5.77. The lowest BCUT2D eigenvalue weighted by Crippen LogP contribution is -2.52. The van der Waals surface area contributed by atoms with Crippen LogP contribution in [0.15, 0.2) is 41.8 Å². The van der Waals surface area contributed by atoms with Gasteiger partial charge < -0.3 is 9.67 Å². The van der Waals surface area contributed by atoms with Crippen LogP contribution in [0, 0.1) is 6.92 Å². The lowest BCUT2D eigenvalue weighted by Gasteiger charge is -2.39. The van der Waals surface area contributed by atoms with E-state index in [1.165, 1.54) is 22.8 Å². The average molecular weight is 350 g/mol. The molecule has 1 N–H and O–H groups in total. The fourth-order valence-corrected chi connectivity index (χ4v) is 4.54. The molecule has 0 unspecified atom stereocenters. The lowest BCUT2D eigenvalue weighted by atomic mass is 9.88. The van der Waals surface area contributed by atoms with Crippen LogP contribution in [0.2, 0.25) is 0 Å². The van der Waals surface area contributed by atoms with Crippen molar-refractivity contribution in [2.75, 3.05) is 13.1 Å². The monoisotopic (exact) mass is 350 g/mol. The number of carbonyl (C=O) groups is 1. The van der Waals surface area contributed by atoms with Crippen molar-refractivity contribution in [2.45, 2.75) is 30.2 Å². The largest absolute Gasteiger partial charge is 0.479 e. The maximum Gasteiger partial charge on any atom is 0.330 e. The van der Waals surface area contributed by atoms with Crippen molar-refractivity contribution in [1.82, 2.24) is 18.8 Å². The van der Waals surface area contributed by atoms with Crippen molar-refractivity contribution in [2.24, 2.45) is 0 Å². The van der Waals surface area contributed by atoms with Crippen LogP contribution in [0.5, 0.6) is 0 Å². The smallest absolute Gasteiger partial charge is 0.330 e. The van der Waals surface area contributed by atoms with Crippen LogP contribution in [0.1, 0.15) is 18.7 Å². The van der Waals surface area contributed by atoms with Crippen molar-refractivity contribution in [3.63, 3.8) is 0 Å². The van der Waals surface area contributed by atoms with E-state index in [2.05, 4.69) is 9.97 Å². The standard InChI is InChI=1S/C15H18N4O4S/c1-12-17-7-10-19(12)15(14(20)21)4-8-18(9-5-15)24(22,23)13-3-2-6-16-11-13/h2-3,6-7,10-11H,4-5,8-9H2,1H3,(H,20,21). The van der Waals surface area contributed by atoms with Gasteiger partial charge in [0.1, 0.15) is 16.3 Å². The number of aliphatic carboxylic acids is 1. The number of imidazole rings is 1. The molecule has 0 spiro atoms. The molecule has 3 heterocycles. The summed E-state index contributed by atoms with van der Waals surface area (Å²) in [5, 5.41) is 9.76. The van der Waals surface area contributed by atoms with Crippen molar-refractivity contribution in [1.29, 1.82) is 0 Å². The Morgan fingerprint density at radius 2 is 2.00 bits per heavy atom. The molecule has 1 saturated heterocycles. The van der Waals surface area contributed by atoms with Crippen molar-refractivity contribution >= 4 is 16.0 Å². The molecule has 2 aromatic heterocycles. The highest BCUT2D eigenvalue weighted by Gasteiger charge is 2.46. The van der Waals surface area contributed by atoms with Gasteiger partial charge in [0.25, 0.3) is 0 Å². The Labute approximate surface area is 139 Å². The molecule has 0 bridgehead atoms. The number of carboxylic acid groups (broad SMARTS) is 1. The fraction of sp³-hybridized carbons (Fsp3) is 0.400. The van der Waals surface area contributed by atoms with E-state index < -0.39 is 21.5 Å². The predicted octanol–water partition coefficient (Wildman–Crippen LogP) is 0.851. The fourth-order valence-electron chi connectivity index (χ4n) is 3.13. The molecule has 1 aliphatic heterocycles. The minimum absolute atomic E-state index is 0.117. The molecule has 3 rings (SSSR count). The normalized spacial score (nSPS) is 18.4. The number of hydrogen-bond donors (Lipinski definition) is 1. The molecular weight excluding hydrogens is 332 g/mol. The molecule has 24 heavy (non-hydrogen) atoms. The molecule has 8 nitrogen and oxygen atoms in total. The van der Waals surface area contributed by atoms with Crippen LogP contribution in [0.3, 0.4) is 0 Å². The van der Waals surface area contributed by atoms with Crippen LogP contribution in [0.25, 0.3) is 0 Å². The lowest BCUT2D eigenvalue weighted by molar-refractivity contribution is -0.150. The first-order chi connectivity index (χ1) is 11.4. The zero-order chi connectivity index (χ0) is 17.4. The van der Waals surface area contributed by atoms with Gasteiger partial charge >= 0.3 is 5.97 Å². The van der Waals surface area contributed by atoms with Gasteiger partial charge in [0.15, 0.2) is 0 Å². The Morgan fingerprint density at radius 1 is 1.29 bits per heavy atom. The number of carboxylic acids is 1. The molecule has 0 atom stereocenters. The maximum atomic E-state index is 12.6. The zero-order valence-electron chi connectivity index (χ0n) is 13.2. The predicted molar refractivity (Wildman–Crippen MR) is 84.8 cm³/mol. The van der Waals surface area contributed by atoms with Gasteiger partial charge in [-0.2, -0.15) is 4.31 Å². The first kappa shape index (κ1) is 16.6. The van der Waals surface area contributed by atoms with E-state index in [1.807, 2.05) is 0 Å². The summed E-state index contributed by atoms with van der Waals surface area (Å²) in [6.45, 7) is 1.99. The summed E-state index contributed by atoms with van der Waals surface area (Å²) in [6.07, 6.45) is 6.35. The van der Waals surface area contributed by atoms with Gasteiger partial charge in [-0.25, -0.2) is 18.2 Å². The third-order valence-corrected chi connectivity index (χ3v) is 6.39. The maximum absolute atomic E-state index is 12.6. The summed E-state index contributed by atoms with van der Waals surface area (Å²) < 4.78 is 28.2. The molecule has 0 amide bonds. The van der Waals surface area contributed by atoms with Gasteiger partial charge in [-0.05, 0) is 31.9 Å². The van der Waals surface area contributed by atoms with Gasteiger partial charge in [0.05, 0.1) is 0 Å². The summed E-state index contributed by atoms with van der Waals surface area (Å²) in [4.78, 5) is 20.0. The van der Waals surface area contributed by atoms with Gasteiger partial charge in [-0.1, -0.05) is 0 Å². The van der Waals surface area contributed by atoms with Crippen LogP contribution in [-0.4, -0.2) is 51.4 Å². The molecule has 2 aromatic rings. The molecule has 1 fully saturated rings. The van der Waals surface area contributed by atoms with Crippen LogP contribution in [-0.2, 0) is 20.4 Å². The quantitative estimate of drug-likeness (QED) is 0.876. The number of nitrogens with zero attached hydrogens (tertiary/aromatic N) is 4. The van der Waals surface area contributed by atoms with E-state index in [0.717, 1.165) is 0 Å². The molecule has 0 aliphatic carbocycles. The number of aryl methyl sites for hydroxylation is 1. The summed E-state index contributed by atoms with van der Waals surface area (Å²) >= 11 is 0. The van der Waals surface area contributed by atoms with E-state index in [4.69, 9.17) is 0 Å². The first-order valence-corrected chi connectivity index (χ1v) is 8.96. The van der Waals surface area contributed by atoms with Gasteiger partial charge in [-0.15, -0.1) is 0 Å². The summed E-state index contributed by atoms with van der Waals surface area (Å²) in [6, 6.07) is 3.05. The molecule has 1 aliphatic rings. The highest BCUT2D eigenvalue weighted by Crippen LogP contribution is 2.33. The highest BCUT2D eigenvalue weighted by atomic mass is 32.2. The topological polar surface area (TPSA) is 105 Å². The number of sulfonamides is 1. The molecule has 0 saturated carbocycles. The Bertz CT molecular complexity index is 839. The van der Waals surface area contributed by atoms with Crippen LogP contribution in [0.4, 0.5) is 0 Å². The first-order valence-electron chi connectivity index (χ1n) is 7.52. The summed E-state index contributed by atoms with van der Waals surface area (Å²) in [5.74, 6) is -0.372. The third-order valence-electron chi connectivity index (χ3n) is 4.51. The van der Waals surface area contributed by atoms with Crippen molar-refractivity contribution < 1.29 is 18.3 Å². The van der Waals surface area contributed by atoms with E-state index in [0.29, 0.717) is 5.82 Å². The van der Waals surface area contributed by atoms with Gasteiger partial charge in [-0.3, -0.25) is 4.98 Å². The van der Waals surface area contributed by atoms with E-state index in [1.54, 1.807) is 30.0 Å². The number of pyridine rings is 1. The second-order valence-corrected chi connectivity index (χ2v) is 7.71. The van der Waals surface area contributed by atoms with E-state index in [-0.39, 0.29) is 30.8 Å².